The van der Waals surface area contributed by atoms with Gasteiger partial charge in [-0.05, 0) is 37.1 Å². The molecule has 1 N–H and O–H groups in total. The number of amides is 1. The van der Waals surface area contributed by atoms with Gasteiger partial charge in [-0.15, -0.1) is 0 Å². The largest absolute Gasteiger partial charge is 0.396 e. The molecule has 0 aliphatic heterocycles. The van der Waals surface area contributed by atoms with Crippen molar-refractivity contribution in [1.29, 1.82) is 0 Å². The van der Waals surface area contributed by atoms with Crippen LogP contribution in [-0.2, 0) is 0 Å². The van der Waals surface area contributed by atoms with Crippen molar-refractivity contribution in [1.82, 2.24) is 9.88 Å². The SMILES string of the molecule is CCCO.CF.CN=C(/C=C(\C)C(F)F)c1ccnc(C(=O)N(C)C)c1. The van der Waals surface area contributed by atoms with Crippen LogP contribution in [0.25, 0.3) is 0 Å². The lowest BCUT2D eigenvalue weighted by Crippen LogP contribution is -2.23. The number of aliphatic hydroxyl groups is 1. The molecule has 1 aromatic rings. The molecule has 0 spiro atoms. The fourth-order valence-electron chi connectivity index (χ4n) is 1.49. The Kier molecular flexibility index (Phi) is 15.1. The van der Waals surface area contributed by atoms with E-state index in [4.69, 9.17) is 5.11 Å². The standard InChI is InChI=1S/C14H17F2N3O.C3H8O.CH3F/c1-9(13(15)16)7-11(17-2)10-5-6-18-12(8-10)14(20)19(3)4;1-2-3-4;1-2/h5-8,13H,1-4H3;4H,2-3H2,1H3;1H3/b9-7+,17-11?;;. The number of allylic oxidation sites excluding steroid dienone is 2. The molecule has 1 aromatic heterocycles. The number of halogens is 3. The van der Waals surface area contributed by atoms with Crippen molar-refractivity contribution in [2.75, 3.05) is 34.9 Å². The second kappa shape index (κ2) is 15.1. The van der Waals surface area contributed by atoms with E-state index in [1.54, 1.807) is 26.2 Å². The van der Waals surface area contributed by atoms with E-state index in [-0.39, 0.29) is 17.2 Å². The van der Waals surface area contributed by atoms with Crippen LogP contribution < -0.4 is 0 Å². The number of hydrogen-bond donors (Lipinski definition) is 1. The first-order valence-electron chi connectivity index (χ1n) is 7.88. The molecule has 1 amide bonds. The quantitative estimate of drug-likeness (QED) is 0.803. The highest BCUT2D eigenvalue weighted by atomic mass is 19.3. The van der Waals surface area contributed by atoms with Crippen molar-refractivity contribution in [2.24, 2.45) is 4.99 Å². The van der Waals surface area contributed by atoms with Crippen molar-refractivity contribution in [3.05, 3.63) is 41.2 Å². The average Bonchev–Trinajstić information content (AvgIpc) is 2.66. The molecule has 0 atom stereocenters. The lowest BCUT2D eigenvalue weighted by atomic mass is 10.1. The van der Waals surface area contributed by atoms with Crippen molar-refractivity contribution >= 4 is 11.6 Å². The minimum Gasteiger partial charge on any atom is -0.396 e. The summed E-state index contributed by atoms with van der Waals surface area (Å²) >= 11 is 0. The molecule has 1 rings (SSSR count). The maximum absolute atomic E-state index is 12.6. The zero-order chi connectivity index (χ0) is 20.7. The number of nitrogens with zero attached hydrogens (tertiary/aromatic N) is 3. The van der Waals surface area contributed by atoms with Crippen LogP contribution in [0.1, 0.15) is 36.3 Å². The van der Waals surface area contributed by atoms with Crippen LogP contribution >= 0.6 is 0 Å². The summed E-state index contributed by atoms with van der Waals surface area (Å²) in [6, 6.07) is 3.17. The summed E-state index contributed by atoms with van der Waals surface area (Å²) in [5, 5.41) is 7.88. The fourth-order valence-corrected chi connectivity index (χ4v) is 1.49. The molecule has 0 aliphatic carbocycles. The van der Waals surface area contributed by atoms with Crippen molar-refractivity contribution in [3.8, 4) is 0 Å². The third-order valence-electron chi connectivity index (χ3n) is 2.85. The molecule has 0 radical (unpaired) electrons. The second-order valence-electron chi connectivity index (χ2n) is 5.15. The predicted octanol–water partition coefficient (Wildman–Crippen LogP) is 3.39. The lowest BCUT2D eigenvalue weighted by Gasteiger charge is -2.10. The number of hydrogen-bond acceptors (Lipinski definition) is 4. The topological polar surface area (TPSA) is 65.8 Å². The monoisotopic (exact) mass is 375 g/mol. The van der Waals surface area contributed by atoms with Gasteiger partial charge >= 0.3 is 0 Å². The molecule has 26 heavy (non-hydrogen) atoms. The van der Waals surface area contributed by atoms with Gasteiger partial charge in [-0.25, -0.2) is 8.78 Å². The van der Waals surface area contributed by atoms with Crippen molar-refractivity contribution in [2.45, 2.75) is 26.7 Å². The van der Waals surface area contributed by atoms with Gasteiger partial charge in [0.1, 0.15) is 5.69 Å². The maximum atomic E-state index is 12.6. The van der Waals surface area contributed by atoms with E-state index in [9.17, 15) is 18.0 Å². The van der Waals surface area contributed by atoms with E-state index in [1.807, 2.05) is 6.92 Å². The number of pyridine rings is 1. The van der Waals surface area contributed by atoms with Gasteiger partial charge in [0.05, 0.1) is 12.9 Å². The number of aromatic nitrogens is 1. The van der Waals surface area contributed by atoms with E-state index in [0.717, 1.165) is 6.42 Å². The Morgan fingerprint density at radius 1 is 1.38 bits per heavy atom. The molecule has 0 aromatic carbocycles. The number of aliphatic imine (C=N–C) groups is 1. The highest BCUT2D eigenvalue weighted by Gasteiger charge is 2.12. The summed E-state index contributed by atoms with van der Waals surface area (Å²) in [6.45, 7) is 3.59. The normalized spacial score (nSPS) is 11.2. The third kappa shape index (κ3) is 9.93. The fraction of sp³-hybridized carbons (Fsp3) is 0.500. The second-order valence-corrected chi connectivity index (χ2v) is 5.15. The molecule has 8 heteroatoms. The number of rotatable bonds is 5. The van der Waals surface area contributed by atoms with Gasteiger partial charge in [-0.2, -0.15) is 0 Å². The lowest BCUT2D eigenvalue weighted by molar-refractivity contribution is 0.0822. The Morgan fingerprint density at radius 3 is 2.31 bits per heavy atom. The molecular formula is C18H28F3N3O2. The number of alkyl halides is 3. The third-order valence-corrected chi connectivity index (χ3v) is 2.85. The first-order chi connectivity index (χ1) is 12.3. The number of aliphatic hydroxyl groups excluding tert-OH is 1. The highest BCUT2D eigenvalue weighted by Crippen LogP contribution is 2.12. The van der Waals surface area contributed by atoms with Crippen molar-refractivity contribution < 1.29 is 23.1 Å². The van der Waals surface area contributed by atoms with Crippen LogP contribution in [0.2, 0.25) is 0 Å². The van der Waals surface area contributed by atoms with Gasteiger partial charge in [0, 0.05) is 39.5 Å². The van der Waals surface area contributed by atoms with E-state index < -0.39 is 6.43 Å². The Bertz CT molecular complexity index is 587. The van der Waals surface area contributed by atoms with E-state index in [2.05, 4.69) is 9.98 Å². The predicted molar refractivity (Wildman–Crippen MR) is 98.9 cm³/mol. The molecule has 1 heterocycles. The minimum atomic E-state index is -2.53. The molecule has 0 aliphatic rings. The van der Waals surface area contributed by atoms with Crippen LogP contribution in [0, 0.1) is 0 Å². The Hall–Kier alpha value is -2.22. The molecule has 5 nitrogen and oxygen atoms in total. The van der Waals surface area contributed by atoms with E-state index in [1.165, 1.54) is 31.1 Å². The molecule has 0 saturated heterocycles. The average molecular weight is 375 g/mol. The first kappa shape index (κ1) is 26.0. The molecule has 0 saturated carbocycles. The Morgan fingerprint density at radius 2 is 1.92 bits per heavy atom. The van der Waals surface area contributed by atoms with Crippen molar-refractivity contribution in [3.63, 3.8) is 0 Å². The van der Waals surface area contributed by atoms with Crippen LogP contribution in [0.15, 0.2) is 35.0 Å². The van der Waals surface area contributed by atoms with E-state index in [0.29, 0.717) is 25.1 Å². The van der Waals surface area contributed by atoms with E-state index >= 15 is 0 Å². The first-order valence-corrected chi connectivity index (χ1v) is 7.88. The molecular weight excluding hydrogens is 347 g/mol. The Balaban J connectivity index is 0. The number of carbonyl (C=O) groups excluding carboxylic acids is 1. The van der Waals surface area contributed by atoms with Crippen LogP contribution in [0.5, 0.6) is 0 Å². The summed E-state index contributed by atoms with van der Waals surface area (Å²) in [5.74, 6) is -0.253. The van der Waals surface area contributed by atoms with Gasteiger partial charge in [0.25, 0.3) is 12.3 Å². The van der Waals surface area contributed by atoms with Gasteiger partial charge in [-0.1, -0.05) is 6.92 Å². The summed E-state index contributed by atoms with van der Waals surface area (Å²) in [4.78, 5) is 21.2. The zero-order valence-corrected chi connectivity index (χ0v) is 16.1. The van der Waals surface area contributed by atoms with Gasteiger partial charge in [0.2, 0.25) is 0 Å². The molecule has 0 bridgehead atoms. The van der Waals surface area contributed by atoms with Gasteiger partial charge in [-0.3, -0.25) is 19.2 Å². The van der Waals surface area contributed by atoms with Gasteiger partial charge < -0.3 is 10.0 Å². The summed E-state index contributed by atoms with van der Waals surface area (Å²) in [7, 11) is 5.25. The van der Waals surface area contributed by atoms with Gasteiger partial charge in [0.15, 0.2) is 0 Å². The highest BCUT2D eigenvalue weighted by molar-refractivity contribution is 6.10. The molecule has 0 fully saturated rings. The molecule has 0 unspecified atom stereocenters. The minimum absolute atomic E-state index is 0.0806. The summed E-state index contributed by atoms with van der Waals surface area (Å²) < 4.78 is 34.6. The van der Waals surface area contributed by atoms with Crippen LogP contribution in [0.3, 0.4) is 0 Å². The summed E-state index contributed by atoms with van der Waals surface area (Å²) in [5.41, 5.74) is 1.13. The Labute approximate surface area is 153 Å². The summed E-state index contributed by atoms with van der Waals surface area (Å²) in [6.07, 6.45) is 1.11. The molecule has 148 valence electrons. The van der Waals surface area contributed by atoms with Crippen LogP contribution in [0.4, 0.5) is 13.2 Å². The zero-order valence-electron chi connectivity index (χ0n) is 16.1. The smallest absolute Gasteiger partial charge is 0.271 e. The maximum Gasteiger partial charge on any atom is 0.271 e. The number of carbonyl (C=O) groups is 1. The van der Waals surface area contributed by atoms with Crippen LogP contribution in [-0.4, -0.2) is 68.0 Å².